The summed E-state index contributed by atoms with van der Waals surface area (Å²) in [6.45, 7) is 3.48. The lowest BCUT2D eigenvalue weighted by Gasteiger charge is -2.36. The number of amides is 1. The fourth-order valence-electron chi connectivity index (χ4n) is 3.74. The summed E-state index contributed by atoms with van der Waals surface area (Å²) in [5.41, 5.74) is 2.55. The van der Waals surface area contributed by atoms with Crippen molar-refractivity contribution in [2.75, 3.05) is 31.1 Å². The molecule has 2 heterocycles. The quantitative estimate of drug-likeness (QED) is 0.844. The van der Waals surface area contributed by atoms with Gasteiger partial charge in [-0.15, -0.1) is 11.3 Å². The molecule has 1 aromatic carbocycles. The Morgan fingerprint density at radius 2 is 1.80 bits per heavy atom. The van der Waals surface area contributed by atoms with E-state index in [4.69, 9.17) is 4.98 Å². The second-order valence-electron chi connectivity index (χ2n) is 6.89. The van der Waals surface area contributed by atoms with E-state index in [1.807, 2.05) is 22.3 Å². The molecular formula is C20H25N3OS. The zero-order valence-corrected chi connectivity index (χ0v) is 15.4. The molecule has 1 fully saturated rings. The van der Waals surface area contributed by atoms with Gasteiger partial charge in [0.1, 0.15) is 0 Å². The number of para-hydroxylation sites is 1. The highest BCUT2D eigenvalue weighted by Gasteiger charge is 2.22. The maximum Gasteiger partial charge on any atom is 0.223 e. The SMILES string of the molecule is O=C(CCc1nc2c(s1)CCCC2)N1CCN(c2ccccc2)CC1. The Morgan fingerprint density at radius 3 is 2.56 bits per heavy atom. The van der Waals surface area contributed by atoms with Crippen molar-refractivity contribution in [3.8, 4) is 0 Å². The average Bonchev–Trinajstić information content (AvgIpc) is 3.10. The van der Waals surface area contributed by atoms with E-state index in [9.17, 15) is 4.79 Å². The monoisotopic (exact) mass is 355 g/mol. The standard InChI is InChI=1S/C20H25N3OS/c24-20(11-10-19-21-17-8-4-5-9-18(17)25-19)23-14-12-22(13-15-23)16-6-2-1-3-7-16/h1-3,6-7H,4-5,8-15H2. The van der Waals surface area contributed by atoms with Crippen molar-refractivity contribution in [3.63, 3.8) is 0 Å². The van der Waals surface area contributed by atoms with Gasteiger partial charge in [0.25, 0.3) is 0 Å². The topological polar surface area (TPSA) is 36.4 Å². The normalized spacial score (nSPS) is 17.4. The Morgan fingerprint density at radius 1 is 1.04 bits per heavy atom. The number of hydrogen-bond donors (Lipinski definition) is 0. The Bertz CT molecular complexity index is 696. The first-order valence-electron chi connectivity index (χ1n) is 9.35. The largest absolute Gasteiger partial charge is 0.368 e. The van der Waals surface area contributed by atoms with Gasteiger partial charge in [0.2, 0.25) is 5.91 Å². The molecule has 4 rings (SSSR count). The Balaban J connectivity index is 1.27. The van der Waals surface area contributed by atoms with Gasteiger partial charge in [0, 0.05) is 49.6 Å². The first kappa shape index (κ1) is 16.6. The van der Waals surface area contributed by atoms with Gasteiger partial charge in [-0.3, -0.25) is 4.79 Å². The Hall–Kier alpha value is -1.88. The van der Waals surface area contributed by atoms with E-state index < -0.39 is 0 Å². The van der Waals surface area contributed by atoms with Crippen LogP contribution in [0.1, 0.15) is 34.8 Å². The number of nitrogens with zero attached hydrogens (tertiary/aromatic N) is 3. The number of fused-ring (bicyclic) bond motifs is 1. The molecule has 0 atom stereocenters. The van der Waals surface area contributed by atoms with Crippen LogP contribution in [0, 0.1) is 0 Å². The lowest BCUT2D eigenvalue weighted by atomic mass is 10.0. The van der Waals surface area contributed by atoms with Crippen LogP contribution in [-0.4, -0.2) is 42.0 Å². The van der Waals surface area contributed by atoms with E-state index in [0.717, 1.165) is 44.0 Å². The maximum atomic E-state index is 12.5. The highest BCUT2D eigenvalue weighted by Crippen LogP contribution is 2.27. The third-order valence-corrected chi connectivity index (χ3v) is 6.41. The molecule has 1 saturated heterocycles. The minimum atomic E-state index is 0.279. The number of rotatable bonds is 4. The van der Waals surface area contributed by atoms with E-state index in [1.165, 1.54) is 35.5 Å². The molecule has 4 nitrogen and oxygen atoms in total. The molecule has 0 radical (unpaired) electrons. The third kappa shape index (κ3) is 3.87. The van der Waals surface area contributed by atoms with Crippen LogP contribution in [0.15, 0.2) is 30.3 Å². The average molecular weight is 356 g/mol. The van der Waals surface area contributed by atoms with Crippen molar-refractivity contribution in [1.29, 1.82) is 0 Å². The van der Waals surface area contributed by atoms with E-state index >= 15 is 0 Å². The van der Waals surface area contributed by atoms with Gasteiger partial charge >= 0.3 is 0 Å². The second-order valence-corrected chi connectivity index (χ2v) is 8.06. The number of carbonyl (C=O) groups excluding carboxylic acids is 1. The zero-order chi connectivity index (χ0) is 17.1. The number of aromatic nitrogens is 1. The summed E-state index contributed by atoms with van der Waals surface area (Å²) in [7, 11) is 0. The van der Waals surface area contributed by atoms with Gasteiger partial charge in [-0.05, 0) is 37.8 Å². The van der Waals surface area contributed by atoms with Gasteiger partial charge in [-0.2, -0.15) is 0 Å². The van der Waals surface area contributed by atoms with Crippen molar-refractivity contribution in [1.82, 2.24) is 9.88 Å². The van der Waals surface area contributed by atoms with Crippen LogP contribution < -0.4 is 4.90 Å². The molecule has 132 valence electrons. The first-order chi connectivity index (χ1) is 12.3. The Labute approximate surface area is 153 Å². The maximum absolute atomic E-state index is 12.5. The second kappa shape index (κ2) is 7.56. The van der Waals surface area contributed by atoms with Crippen LogP contribution in [0.25, 0.3) is 0 Å². The van der Waals surface area contributed by atoms with Crippen molar-refractivity contribution >= 4 is 22.9 Å². The fraction of sp³-hybridized carbons (Fsp3) is 0.500. The summed E-state index contributed by atoms with van der Waals surface area (Å²) in [6.07, 6.45) is 6.26. The molecule has 0 N–H and O–H groups in total. The summed E-state index contributed by atoms with van der Waals surface area (Å²) >= 11 is 1.83. The predicted octanol–water partition coefficient (Wildman–Crippen LogP) is 3.30. The number of carbonyl (C=O) groups is 1. The molecule has 0 unspecified atom stereocenters. The summed E-state index contributed by atoms with van der Waals surface area (Å²) in [5.74, 6) is 0.279. The van der Waals surface area contributed by atoms with Gasteiger partial charge in [-0.1, -0.05) is 18.2 Å². The first-order valence-corrected chi connectivity index (χ1v) is 10.2. The Kier molecular flexibility index (Phi) is 5.02. The lowest BCUT2D eigenvalue weighted by Crippen LogP contribution is -2.48. The van der Waals surface area contributed by atoms with E-state index in [-0.39, 0.29) is 5.91 Å². The number of aryl methyl sites for hydroxylation is 3. The van der Waals surface area contributed by atoms with E-state index in [1.54, 1.807) is 0 Å². The third-order valence-electron chi connectivity index (χ3n) is 5.20. The number of hydrogen-bond acceptors (Lipinski definition) is 4. The molecule has 5 heteroatoms. The van der Waals surface area contributed by atoms with Gasteiger partial charge in [0.05, 0.1) is 10.7 Å². The molecule has 1 aromatic heterocycles. The van der Waals surface area contributed by atoms with Crippen LogP contribution in [-0.2, 0) is 24.1 Å². The van der Waals surface area contributed by atoms with Gasteiger partial charge < -0.3 is 9.80 Å². The summed E-state index contributed by atoms with van der Waals surface area (Å²) in [5, 5.41) is 1.16. The molecule has 1 amide bonds. The molecule has 2 aromatic rings. The van der Waals surface area contributed by atoms with E-state index in [2.05, 4.69) is 29.2 Å². The van der Waals surface area contributed by atoms with Crippen LogP contribution in [0.5, 0.6) is 0 Å². The van der Waals surface area contributed by atoms with Gasteiger partial charge in [-0.25, -0.2) is 4.98 Å². The number of thiazole rings is 1. The smallest absolute Gasteiger partial charge is 0.223 e. The molecule has 2 aliphatic rings. The zero-order valence-electron chi connectivity index (χ0n) is 14.6. The van der Waals surface area contributed by atoms with Gasteiger partial charge in [0.15, 0.2) is 0 Å². The summed E-state index contributed by atoms with van der Waals surface area (Å²) < 4.78 is 0. The molecular weight excluding hydrogens is 330 g/mol. The summed E-state index contributed by atoms with van der Waals surface area (Å²) in [4.78, 5) is 23.1. The minimum absolute atomic E-state index is 0.279. The number of benzene rings is 1. The van der Waals surface area contributed by atoms with E-state index in [0.29, 0.717) is 6.42 Å². The number of piperazine rings is 1. The lowest BCUT2D eigenvalue weighted by molar-refractivity contribution is -0.131. The number of anilines is 1. The molecule has 1 aliphatic carbocycles. The summed E-state index contributed by atoms with van der Waals surface area (Å²) in [6, 6.07) is 10.5. The van der Waals surface area contributed by atoms with Crippen molar-refractivity contribution < 1.29 is 4.79 Å². The fourth-order valence-corrected chi connectivity index (χ4v) is 4.89. The molecule has 0 saturated carbocycles. The van der Waals surface area contributed by atoms with Crippen molar-refractivity contribution in [2.45, 2.75) is 38.5 Å². The molecule has 1 aliphatic heterocycles. The highest BCUT2D eigenvalue weighted by atomic mass is 32.1. The van der Waals surface area contributed by atoms with Crippen LogP contribution in [0.4, 0.5) is 5.69 Å². The molecule has 0 spiro atoms. The highest BCUT2D eigenvalue weighted by molar-refractivity contribution is 7.11. The van der Waals surface area contributed by atoms with Crippen molar-refractivity contribution in [2.24, 2.45) is 0 Å². The van der Waals surface area contributed by atoms with Crippen LogP contribution in [0.3, 0.4) is 0 Å². The predicted molar refractivity (Wildman–Crippen MR) is 102 cm³/mol. The molecule has 25 heavy (non-hydrogen) atoms. The minimum Gasteiger partial charge on any atom is -0.368 e. The van der Waals surface area contributed by atoms with Crippen LogP contribution >= 0.6 is 11.3 Å². The molecule has 0 bridgehead atoms. The van der Waals surface area contributed by atoms with Crippen molar-refractivity contribution in [3.05, 3.63) is 45.9 Å². The van der Waals surface area contributed by atoms with Crippen LogP contribution in [0.2, 0.25) is 0 Å².